The second-order valence-electron chi connectivity index (χ2n) is 4.40. The summed E-state index contributed by atoms with van der Waals surface area (Å²) in [7, 11) is 1.98. The fraction of sp³-hybridized carbons (Fsp3) is 0.286. The van der Waals surface area contributed by atoms with Crippen LogP contribution < -0.4 is 5.32 Å². The number of hydrogen-bond donors (Lipinski definition) is 1. The normalized spacial score (nSPS) is 12.7. The first-order chi connectivity index (χ1) is 9.01. The zero-order valence-electron chi connectivity index (χ0n) is 10.6. The summed E-state index contributed by atoms with van der Waals surface area (Å²) >= 11 is 17.3. The van der Waals surface area contributed by atoms with Gasteiger partial charge in [0, 0.05) is 10.9 Å². The molecular formula is C14H14BrCl2NS. The van der Waals surface area contributed by atoms with Gasteiger partial charge in [0.05, 0.1) is 13.8 Å². The fourth-order valence-electron chi connectivity index (χ4n) is 1.90. The standard InChI is InChI=1S/C14H14BrCl2NS/c1-8-5-13(19-14(8)15)12(18-2)7-9-3-4-10(16)11(17)6-9/h3-6,12,18H,7H2,1-2H3. The molecule has 0 saturated heterocycles. The van der Waals surface area contributed by atoms with Gasteiger partial charge in [-0.25, -0.2) is 0 Å². The highest BCUT2D eigenvalue weighted by Gasteiger charge is 2.14. The monoisotopic (exact) mass is 377 g/mol. The van der Waals surface area contributed by atoms with E-state index in [2.05, 4.69) is 34.2 Å². The summed E-state index contributed by atoms with van der Waals surface area (Å²) < 4.78 is 1.19. The van der Waals surface area contributed by atoms with Crippen molar-refractivity contribution in [1.29, 1.82) is 0 Å². The van der Waals surface area contributed by atoms with E-state index in [1.807, 2.05) is 25.2 Å². The quantitative estimate of drug-likeness (QED) is 0.726. The summed E-state index contributed by atoms with van der Waals surface area (Å²) in [5, 5.41) is 4.56. The molecule has 1 nitrogen and oxygen atoms in total. The molecule has 1 aromatic heterocycles. The van der Waals surface area contributed by atoms with Gasteiger partial charge < -0.3 is 5.32 Å². The molecule has 0 fully saturated rings. The van der Waals surface area contributed by atoms with E-state index < -0.39 is 0 Å². The van der Waals surface area contributed by atoms with Crippen LogP contribution in [-0.2, 0) is 6.42 Å². The minimum absolute atomic E-state index is 0.284. The van der Waals surface area contributed by atoms with Gasteiger partial charge in [0.1, 0.15) is 0 Å². The molecule has 0 bridgehead atoms. The molecule has 2 rings (SSSR count). The number of aryl methyl sites for hydroxylation is 1. The molecule has 1 heterocycles. The van der Waals surface area contributed by atoms with Crippen molar-refractivity contribution in [3.8, 4) is 0 Å². The first-order valence-electron chi connectivity index (χ1n) is 5.88. The van der Waals surface area contributed by atoms with Crippen LogP contribution in [0.25, 0.3) is 0 Å². The third kappa shape index (κ3) is 3.73. The molecule has 0 amide bonds. The zero-order chi connectivity index (χ0) is 14.0. The summed E-state index contributed by atoms with van der Waals surface area (Å²) in [6.45, 7) is 2.11. The molecule has 0 aliphatic heterocycles. The van der Waals surface area contributed by atoms with E-state index in [1.165, 1.54) is 19.8 Å². The Morgan fingerprint density at radius 1 is 1.26 bits per heavy atom. The highest BCUT2D eigenvalue weighted by molar-refractivity contribution is 9.11. The minimum Gasteiger partial charge on any atom is -0.312 e. The molecule has 0 aliphatic carbocycles. The first kappa shape index (κ1) is 15.3. The second-order valence-corrected chi connectivity index (χ2v) is 7.62. The van der Waals surface area contributed by atoms with E-state index in [0.29, 0.717) is 10.0 Å². The number of thiophene rings is 1. The van der Waals surface area contributed by atoms with Crippen molar-refractivity contribution in [2.45, 2.75) is 19.4 Å². The molecule has 5 heteroatoms. The lowest BCUT2D eigenvalue weighted by molar-refractivity contribution is 0.602. The van der Waals surface area contributed by atoms with Crippen molar-refractivity contribution in [2.75, 3.05) is 7.05 Å². The smallest absolute Gasteiger partial charge is 0.0731 e. The molecule has 1 unspecified atom stereocenters. The van der Waals surface area contributed by atoms with Crippen LogP contribution in [0.15, 0.2) is 28.1 Å². The van der Waals surface area contributed by atoms with Gasteiger partial charge in [-0.1, -0.05) is 29.3 Å². The average molecular weight is 379 g/mol. The molecule has 1 aromatic carbocycles. The van der Waals surface area contributed by atoms with Gasteiger partial charge >= 0.3 is 0 Å². The summed E-state index contributed by atoms with van der Waals surface area (Å²) in [5.74, 6) is 0. The summed E-state index contributed by atoms with van der Waals surface area (Å²) in [4.78, 5) is 1.32. The van der Waals surface area contributed by atoms with Gasteiger partial charge in [0.2, 0.25) is 0 Å². The van der Waals surface area contributed by atoms with Crippen LogP contribution in [0.3, 0.4) is 0 Å². The Hall–Kier alpha value is -0.0600. The Labute approximate surface area is 136 Å². The third-order valence-electron chi connectivity index (χ3n) is 2.99. The topological polar surface area (TPSA) is 12.0 Å². The van der Waals surface area contributed by atoms with Crippen LogP contribution >= 0.6 is 50.5 Å². The van der Waals surface area contributed by atoms with Crippen molar-refractivity contribution >= 4 is 50.5 Å². The molecule has 1 atom stereocenters. The molecular weight excluding hydrogens is 365 g/mol. The lowest BCUT2D eigenvalue weighted by Crippen LogP contribution is -2.17. The van der Waals surface area contributed by atoms with Crippen LogP contribution in [-0.4, -0.2) is 7.05 Å². The third-order valence-corrected chi connectivity index (χ3v) is 5.98. The van der Waals surface area contributed by atoms with E-state index in [1.54, 1.807) is 11.3 Å². The van der Waals surface area contributed by atoms with E-state index in [9.17, 15) is 0 Å². The lowest BCUT2D eigenvalue weighted by atomic mass is 10.0. The Morgan fingerprint density at radius 2 is 2.00 bits per heavy atom. The zero-order valence-corrected chi connectivity index (χ0v) is 14.6. The van der Waals surface area contributed by atoms with E-state index >= 15 is 0 Å². The van der Waals surface area contributed by atoms with Gasteiger partial charge in [-0.2, -0.15) is 0 Å². The van der Waals surface area contributed by atoms with Gasteiger partial charge in [-0.05, 0) is 65.6 Å². The second kappa shape index (κ2) is 6.59. The number of benzene rings is 1. The Morgan fingerprint density at radius 3 is 2.53 bits per heavy atom. The summed E-state index contributed by atoms with van der Waals surface area (Å²) in [6.07, 6.45) is 0.889. The molecule has 0 saturated carbocycles. The maximum Gasteiger partial charge on any atom is 0.0731 e. The highest BCUT2D eigenvalue weighted by Crippen LogP contribution is 2.33. The number of hydrogen-bond acceptors (Lipinski definition) is 2. The SMILES string of the molecule is CNC(Cc1ccc(Cl)c(Cl)c1)c1cc(C)c(Br)s1. The predicted octanol–water partition coefficient (Wildman–Crippen LogP) is 5.63. The summed E-state index contributed by atoms with van der Waals surface area (Å²) in [5.41, 5.74) is 2.45. The van der Waals surface area contributed by atoms with Gasteiger partial charge in [-0.3, -0.25) is 0 Å². The van der Waals surface area contributed by atoms with E-state index in [4.69, 9.17) is 23.2 Å². The highest BCUT2D eigenvalue weighted by atomic mass is 79.9. The van der Waals surface area contributed by atoms with Crippen molar-refractivity contribution < 1.29 is 0 Å². The predicted molar refractivity (Wildman–Crippen MR) is 88.7 cm³/mol. The van der Waals surface area contributed by atoms with E-state index in [-0.39, 0.29) is 6.04 Å². The molecule has 102 valence electrons. The van der Waals surface area contributed by atoms with Crippen LogP contribution in [0.4, 0.5) is 0 Å². The Kier molecular flexibility index (Phi) is 5.32. The van der Waals surface area contributed by atoms with Crippen molar-refractivity contribution in [3.63, 3.8) is 0 Å². The molecule has 0 spiro atoms. The van der Waals surface area contributed by atoms with Crippen LogP contribution in [0.1, 0.15) is 22.0 Å². The molecule has 0 aliphatic rings. The number of likely N-dealkylation sites (N-methyl/N-ethyl adjacent to an activating group) is 1. The first-order valence-corrected chi connectivity index (χ1v) is 8.25. The average Bonchev–Trinajstić information content (AvgIpc) is 2.71. The fourth-order valence-corrected chi connectivity index (χ4v) is 3.90. The lowest BCUT2D eigenvalue weighted by Gasteiger charge is -2.15. The van der Waals surface area contributed by atoms with E-state index in [0.717, 1.165) is 6.42 Å². The minimum atomic E-state index is 0.284. The largest absolute Gasteiger partial charge is 0.312 e. The van der Waals surface area contributed by atoms with Crippen LogP contribution in [0, 0.1) is 6.92 Å². The number of nitrogens with one attached hydrogen (secondary N) is 1. The molecule has 0 radical (unpaired) electrons. The van der Waals surface area contributed by atoms with Gasteiger partial charge in [0.15, 0.2) is 0 Å². The molecule has 19 heavy (non-hydrogen) atoms. The number of rotatable bonds is 4. The molecule has 2 aromatic rings. The molecule has 1 N–H and O–H groups in total. The number of halogens is 3. The summed E-state index contributed by atoms with van der Waals surface area (Å²) in [6, 6.07) is 8.31. The van der Waals surface area contributed by atoms with Crippen LogP contribution in [0.2, 0.25) is 10.0 Å². The maximum absolute atomic E-state index is 6.06. The van der Waals surface area contributed by atoms with Crippen molar-refractivity contribution in [1.82, 2.24) is 5.32 Å². The Bertz CT molecular complexity index is 563. The van der Waals surface area contributed by atoms with Gasteiger partial charge in [0.25, 0.3) is 0 Å². The Balaban J connectivity index is 2.21. The maximum atomic E-state index is 6.06. The van der Waals surface area contributed by atoms with Crippen LogP contribution in [0.5, 0.6) is 0 Å². The van der Waals surface area contributed by atoms with Gasteiger partial charge in [-0.15, -0.1) is 11.3 Å². The van der Waals surface area contributed by atoms with Crippen molar-refractivity contribution in [2.24, 2.45) is 0 Å². The van der Waals surface area contributed by atoms with Crippen molar-refractivity contribution in [3.05, 3.63) is 54.1 Å².